The van der Waals surface area contributed by atoms with E-state index < -0.39 is 6.16 Å². The van der Waals surface area contributed by atoms with Gasteiger partial charge in [-0.1, -0.05) is 0 Å². The zero-order chi connectivity index (χ0) is 3.58. The molecule has 0 aliphatic carbocycles. The van der Waals surface area contributed by atoms with Gasteiger partial charge in [0.1, 0.15) is 0 Å². The first kappa shape index (κ1) is 81.7. The number of hydrogen-bond donors (Lipinski definition) is 0. The van der Waals surface area contributed by atoms with Gasteiger partial charge in [0.15, 0.2) is 0 Å². The normalized spacial score (nSPS) is 2.40. The summed E-state index contributed by atoms with van der Waals surface area (Å²) in [5.41, 5.74) is 0. The van der Waals surface area contributed by atoms with Gasteiger partial charge in [0.2, 0.25) is 0 Å². The van der Waals surface area contributed by atoms with E-state index in [1.165, 1.54) is 0 Å². The monoisotopic (exact) mass is 146 g/mol. The second-order valence-electron chi connectivity index (χ2n) is 0.250. The summed E-state index contributed by atoms with van der Waals surface area (Å²) in [7, 11) is 0. The average Bonchev–Trinajstić information content (AvgIpc) is 0.811. The van der Waals surface area contributed by atoms with E-state index in [1.54, 1.807) is 0 Å². The minimum Gasteiger partial charge on any atom is -0.652 e. The first-order chi connectivity index (χ1) is 1.73. The summed E-state index contributed by atoms with van der Waals surface area (Å²) in [6.45, 7) is 0. The molecule has 0 amide bonds. The van der Waals surface area contributed by atoms with Gasteiger partial charge >= 0.3 is 37.7 Å². The third-order valence-corrected chi connectivity index (χ3v) is 0. The molecule has 0 aromatic carbocycles. The van der Waals surface area contributed by atoms with Crippen LogP contribution in [0, 0.1) is 0 Å². The van der Waals surface area contributed by atoms with E-state index in [9.17, 15) is 0 Å². The minimum atomic E-state index is -2.33. The van der Waals surface area contributed by atoms with Gasteiger partial charge in [-0.3, -0.25) is 0 Å². The molecule has 8 N–H and O–H groups in total. The van der Waals surface area contributed by atoms with Crippen LogP contribution in [0.3, 0.4) is 0 Å². The maximum absolute atomic E-state index is 8.33. The topological polar surface area (TPSA) is 189 Å². The fourth-order valence-corrected chi connectivity index (χ4v) is 0. The van der Waals surface area contributed by atoms with Crippen LogP contribution in [-0.2, 0) is 0 Å². The molecule has 10 heavy (non-hydrogen) atoms. The molecule has 0 saturated carbocycles. The van der Waals surface area contributed by atoms with Crippen molar-refractivity contribution in [1.29, 1.82) is 0 Å². The van der Waals surface area contributed by atoms with Crippen molar-refractivity contribution in [2.24, 2.45) is 0 Å². The van der Waals surface area contributed by atoms with Crippen LogP contribution in [0.2, 0.25) is 0 Å². The van der Waals surface area contributed by atoms with E-state index in [2.05, 4.69) is 0 Å². The second-order valence-corrected chi connectivity index (χ2v) is 0.250. The van der Waals surface area contributed by atoms with E-state index in [0.717, 1.165) is 0 Å². The van der Waals surface area contributed by atoms with E-state index in [4.69, 9.17) is 15.0 Å². The minimum absolute atomic E-state index is 0. The summed E-state index contributed by atoms with van der Waals surface area (Å²) in [6.07, 6.45) is -2.33. The number of carboxylic acid groups (broad SMARTS) is 2. The van der Waals surface area contributed by atoms with Crippen LogP contribution in [0.25, 0.3) is 0 Å². The number of rotatable bonds is 0. The molecule has 0 atom stereocenters. The van der Waals surface area contributed by atoms with Crippen molar-refractivity contribution in [1.82, 2.24) is 0 Å². The van der Waals surface area contributed by atoms with Crippen molar-refractivity contribution >= 4 is 6.16 Å². The van der Waals surface area contributed by atoms with Crippen LogP contribution in [0.15, 0.2) is 0 Å². The predicted molar refractivity (Wildman–Crippen MR) is 19.9 cm³/mol. The third kappa shape index (κ3) is 4770. The van der Waals surface area contributed by atoms with Crippen molar-refractivity contribution in [2.75, 3.05) is 0 Å². The fourth-order valence-electron chi connectivity index (χ4n) is 0. The van der Waals surface area contributed by atoms with E-state index >= 15 is 0 Å². The van der Waals surface area contributed by atoms with E-state index in [-0.39, 0.29) is 59.6 Å². The Hall–Kier alpha value is 0.305. The second kappa shape index (κ2) is 58.8. The van der Waals surface area contributed by atoms with Crippen molar-refractivity contribution < 1.29 is 74.6 Å². The Bertz CT molecular complexity index is 34.6. The average molecular weight is 146 g/mol. The van der Waals surface area contributed by atoms with Crippen LogP contribution < -0.4 is 47.9 Å². The summed E-state index contributed by atoms with van der Waals surface area (Å²) < 4.78 is 0. The molecule has 0 bridgehead atoms. The smallest absolute Gasteiger partial charge is 0.652 e. The quantitative estimate of drug-likeness (QED) is 0.307. The maximum Gasteiger partial charge on any atom is 1.00 e. The standard InChI is InChI=1S/CH2O3.2Li.4H2O/c2-1(3)4;;;;;;/h(H2,2,3,4);;;4*1H2/q;2*+1;;;;/p-2. The van der Waals surface area contributed by atoms with Crippen molar-refractivity contribution in [2.45, 2.75) is 0 Å². The molecule has 0 unspecified atom stereocenters. The van der Waals surface area contributed by atoms with Crippen molar-refractivity contribution in [3.8, 4) is 0 Å². The van der Waals surface area contributed by atoms with Crippen LogP contribution in [0.4, 0.5) is 4.79 Å². The zero-order valence-electron chi connectivity index (χ0n) is 5.72. The predicted octanol–water partition coefficient (Wildman–Crippen LogP) is -11.7. The van der Waals surface area contributed by atoms with Crippen molar-refractivity contribution in [3.63, 3.8) is 0 Å². The van der Waals surface area contributed by atoms with Gasteiger partial charge in [-0.15, -0.1) is 0 Å². The van der Waals surface area contributed by atoms with Crippen LogP contribution in [-0.4, -0.2) is 28.1 Å². The molecule has 56 valence electrons. The molecule has 0 saturated heterocycles. The third-order valence-electron chi connectivity index (χ3n) is 0. The summed E-state index contributed by atoms with van der Waals surface area (Å²) >= 11 is 0. The fraction of sp³-hybridized carbons (Fsp3) is 0. The van der Waals surface area contributed by atoms with Gasteiger partial charge in [0.05, 0.1) is 0 Å². The van der Waals surface area contributed by atoms with Gasteiger partial charge in [0, 0.05) is 0 Å². The Morgan fingerprint density at radius 2 is 0.800 bits per heavy atom. The van der Waals surface area contributed by atoms with Crippen molar-refractivity contribution in [3.05, 3.63) is 0 Å². The largest absolute Gasteiger partial charge is 1.00 e. The molecular weight excluding hydrogens is 138 g/mol. The molecular formula is CH8Li2O7. The number of carbonyl (C=O) groups excluding carboxylic acids is 1. The van der Waals surface area contributed by atoms with Gasteiger partial charge in [-0.25, -0.2) is 0 Å². The molecule has 0 fully saturated rings. The summed E-state index contributed by atoms with van der Waals surface area (Å²) in [5.74, 6) is 0. The molecule has 0 heterocycles. The molecule has 0 rings (SSSR count). The van der Waals surface area contributed by atoms with Crippen LogP contribution in [0.1, 0.15) is 0 Å². The maximum atomic E-state index is 8.33. The SMILES string of the molecule is O.O.O.O.O=C([O-])[O-].[Li+].[Li+]. The number of carbonyl (C=O) groups is 1. The molecule has 0 aliphatic rings. The Balaban J connectivity index is -0.00000000300. The molecule has 0 spiro atoms. The Morgan fingerprint density at radius 3 is 0.800 bits per heavy atom. The first-order valence-corrected chi connectivity index (χ1v) is 0.612. The van der Waals surface area contributed by atoms with E-state index in [1.807, 2.05) is 0 Å². The summed E-state index contributed by atoms with van der Waals surface area (Å²) in [6, 6.07) is 0. The Morgan fingerprint density at radius 1 is 0.800 bits per heavy atom. The molecule has 9 heteroatoms. The zero-order valence-corrected chi connectivity index (χ0v) is 5.72. The van der Waals surface area contributed by atoms with Gasteiger partial charge < -0.3 is 36.9 Å². The van der Waals surface area contributed by atoms with Crippen LogP contribution >= 0.6 is 0 Å². The number of hydrogen-bond acceptors (Lipinski definition) is 3. The first-order valence-electron chi connectivity index (χ1n) is 0.612. The summed E-state index contributed by atoms with van der Waals surface area (Å²) in [5, 5.41) is 16.7. The Labute approximate surface area is 81.0 Å². The van der Waals surface area contributed by atoms with E-state index in [0.29, 0.717) is 0 Å². The van der Waals surface area contributed by atoms with Gasteiger partial charge in [0.25, 0.3) is 0 Å². The Kier molecular flexibility index (Phi) is 480. The molecule has 7 nitrogen and oxygen atoms in total. The summed E-state index contributed by atoms with van der Waals surface area (Å²) in [4.78, 5) is 8.33. The molecule has 0 aromatic rings. The molecule has 0 radical (unpaired) electrons. The van der Waals surface area contributed by atoms with Gasteiger partial charge in [-0.2, -0.15) is 0 Å². The molecule has 0 aliphatic heterocycles. The van der Waals surface area contributed by atoms with Gasteiger partial charge in [-0.05, 0) is 6.16 Å². The van der Waals surface area contributed by atoms with Crippen LogP contribution in [0.5, 0.6) is 0 Å². The molecule has 0 aromatic heterocycles.